The van der Waals surface area contributed by atoms with Gasteiger partial charge in [-0.1, -0.05) is 61.3 Å². The molecule has 2 fully saturated rings. The lowest BCUT2D eigenvalue weighted by Gasteiger charge is -2.52. The number of nitrogens with one attached hydrogen (secondary N) is 1. The molecule has 4 rings (SSSR count). The number of piperidine rings is 1. The van der Waals surface area contributed by atoms with E-state index in [9.17, 15) is 18.0 Å². The monoisotopic (exact) mass is 579 g/mol. The molecular formula is C28H35Cl2N3O4S. The van der Waals surface area contributed by atoms with Crippen LogP contribution in [-0.2, 0) is 19.6 Å². The molecule has 0 spiro atoms. The number of hydrogen-bond donors (Lipinski definition) is 2. The second kappa shape index (κ2) is 10.8. The van der Waals surface area contributed by atoms with Crippen molar-refractivity contribution in [3.05, 3.63) is 69.7 Å². The molecule has 1 aliphatic heterocycles. The molecular weight excluding hydrogens is 545 g/mol. The maximum Gasteiger partial charge on any atom is 0.229 e. The lowest BCUT2D eigenvalue weighted by atomic mass is 9.67. The highest BCUT2D eigenvalue weighted by Gasteiger charge is 2.53. The van der Waals surface area contributed by atoms with Crippen molar-refractivity contribution in [3.8, 4) is 0 Å². The number of carbonyl (C=O) groups excluding carboxylic acids is 2. The van der Waals surface area contributed by atoms with Crippen molar-refractivity contribution in [1.29, 1.82) is 0 Å². The largest absolute Gasteiger partial charge is 0.370 e. The van der Waals surface area contributed by atoms with Gasteiger partial charge in [-0.2, -0.15) is 0 Å². The van der Waals surface area contributed by atoms with Crippen LogP contribution in [0.2, 0.25) is 10.0 Å². The smallest absolute Gasteiger partial charge is 0.229 e. The number of rotatable bonds is 10. The average Bonchev–Trinajstić information content (AvgIpc) is 3.61. The SMILES string of the molecule is CC[C@@H](CNS(=O)(=O)C1(C)CC1)N1C(=O)[C@@](C)(CC(N)=O)C[C@H](c2cccc(Cl)c2)[C@H]1c1ccc(Cl)cc1. The van der Waals surface area contributed by atoms with Crippen LogP contribution in [0.25, 0.3) is 0 Å². The van der Waals surface area contributed by atoms with Gasteiger partial charge in [0.05, 0.1) is 16.2 Å². The number of primary amides is 1. The first-order valence-corrected chi connectivity index (χ1v) is 15.2. The van der Waals surface area contributed by atoms with Gasteiger partial charge in [-0.15, -0.1) is 0 Å². The summed E-state index contributed by atoms with van der Waals surface area (Å²) in [6, 6.07) is 13.9. The minimum Gasteiger partial charge on any atom is -0.370 e. The third kappa shape index (κ3) is 5.74. The van der Waals surface area contributed by atoms with E-state index in [1.54, 1.807) is 36.9 Å². The molecule has 2 amide bonds. The topological polar surface area (TPSA) is 110 Å². The molecule has 0 unspecified atom stereocenters. The molecule has 1 aliphatic carbocycles. The van der Waals surface area contributed by atoms with Crippen molar-refractivity contribution in [2.75, 3.05) is 6.54 Å². The molecule has 1 saturated carbocycles. The number of benzene rings is 2. The first-order chi connectivity index (χ1) is 17.8. The summed E-state index contributed by atoms with van der Waals surface area (Å²) >= 11 is 12.6. The Kier molecular flexibility index (Phi) is 8.20. The molecule has 1 saturated heterocycles. The van der Waals surface area contributed by atoms with Gasteiger partial charge in [-0.05, 0) is 68.0 Å². The summed E-state index contributed by atoms with van der Waals surface area (Å²) in [6.45, 7) is 5.50. The van der Waals surface area contributed by atoms with Gasteiger partial charge in [0.1, 0.15) is 0 Å². The fraction of sp³-hybridized carbons (Fsp3) is 0.500. The van der Waals surface area contributed by atoms with E-state index in [0.29, 0.717) is 35.7 Å². The van der Waals surface area contributed by atoms with Gasteiger partial charge in [-0.3, -0.25) is 9.59 Å². The van der Waals surface area contributed by atoms with Crippen LogP contribution in [0, 0.1) is 5.41 Å². The maximum atomic E-state index is 14.3. The molecule has 2 aliphatic rings. The highest BCUT2D eigenvalue weighted by atomic mass is 35.5. The Balaban J connectivity index is 1.83. The molecule has 0 aromatic heterocycles. The number of hydrogen-bond acceptors (Lipinski definition) is 4. The minimum atomic E-state index is -3.55. The van der Waals surface area contributed by atoms with E-state index < -0.39 is 38.2 Å². The molecule has 10 heteroatoms. The van der Waals surface area contributed by atoms with Crippen molar-refractivity contribution in [2.24, 2.45) is 11.1 Å². The van der Waals surface area contributed by atoms with Gasteiger partial charge in [0.25, 0.3) is 0 Å². The van der Waals surface area contributed by atoms with Gasteiger partial charge in [0.2, 0.25) is 21.8 Å². The van der Waals surface area contributed by atoms with Gasteiger partial charge in [0, 0.05) is 35.0 Å². The molecule has 1 heterocycles. The zero-order chi connectivity index (χ0) is 27.9. The van der Waals surface area contributed by atoms with Gasteiger partial charge in [0.15, 0.2) is 0 Å². The van der Waals surface area contributed by atoms with Crippen LogP contribution in [0.1, 0.15) is 76.0 Å². The zero-order valence-corrected chi connectivity index (χ0v) is 24.2. The number of nitrogens with two attached hydrogens (primary N) is 1. The van der Waals surface area contributed by atoms with E-state index in [4.69, 9.17) is 28.9 Å². The highest BCUT2D eigenvalue weighted by molar-refractivity contribution is 7.91. The fourth-order valence-electron chi connectivity index (χ4n) is 5.60. The van der Waals surface area contributed by atoms with Crippen LogP contribution in [0.3, 0.4) is 0 Å². The van der Waals surface area contributed by atoms with Crippen molar-refractivity contribution in [2.45, 2.75) is 75.6 Å². The van der Waals surface area contributed by atoms with E-state index in [0.717, 1.165) is 11.1 Å². The summed E-state index contributed by atoms with van der Waals surface area (Å²) in [5.41, 5.74) is 6.34. The van der Waals surface area contributed by atoms with Crippen LogP contribution in [0.15, 0.2) is 48.5 Å². The molecule has 206 valence electrons. The Labute approximate surface area is 235 Å². The number of halogens is 2. The van der Waals surface area contributed by atoms with Crippen molar-refractivity contribution >= 4 is 45.0 Å². The quantitative estimate of drug-likeness (QED) is 0.404. The highest BCUT2D eigenvalue weighted by Crippen LogP contribution is 2.52. The van der Waals surface area contributed by atoms with E-state index in [-0.39, 0.29) is 24.8 Å². The Bertz CT molecular complexity index is 1310. The summed E-state index contributed by atoms with van der Waals surface area (Å²) < 4.78 is 28.0. The molecule has 2 aromatic rings. The summed E-state index contributed by atoms with van der Waals surface area (Å²) in [4.78, 5) is 28.2. The molecule has 7 nitrogen and oxygen atoms in total. The van der Waals surface area contributed by atoms with Crippen LogP contribution in [0.4, 0.5) is 0 Å². The molecule has 0 bridgehead atoms. The van der Waals surface area contributed by atoms with Gasteiger partial charge >= 0.3 is 0 Å². The Morgan fingerprint density at radius 1 is 1.11 bits per heavy atom. The molecule has 38 heavy (non-hydrogen) atoms. The summed E-state index contributed by atoms with van der Waals surface area (Å²) in [7, 11) is -3.55. The lowest BCUT2D eigenvalue weighted by molar-refractivity contribution is -0.157. The first-order valence-electron chi connectivity index (χ1n) is 12.9. The summed E-state index contributed by atoms with van der Waals surface area (Å²) in [6.07, 6.45) is 1.99. The molecule has 4 atom stereocenters. The number of sulfonamides is 1. The standard InChI is InChI=1S/C28H35Cl2N3O4S/c1-4-22(17-32-38(36,37)28(3)12-13-28)33-25(18-8-10-20(29)11-9-18)23(19-6-5-7-21(30)14-19)15-27(2,26(33)35)16-24(31)34/h5-11,14,22-23,25,32H,4,12-13,15-17H2,1-3H3,(H2,31,34)/t22-,23+,25+,27+/m0/s1. The second-order valence-corrected chi connectivity index (χ2v) is 14.3. The first kappa shape index (κ1) is 28.9. The molecule has 3 N–H and O–H groups in total. The summed E-state index contributed by atoms with van der Waals surface area (Å²) in [5, 5.41) is 1.13. The van der Waals surface area contributed by atoms with Crippen LogP contribution >= 0.6 is 23.2 Å². The number of likely N-dealkylation sites (tertiary alicyclic amines) is 1. The molecule has 0 radical (unpaired) electrons. The van der Waals surface area contributed by atoms with Gasteiger partial charge < -0.3 is 10.6 Å². The maximum absolute atomic E-state index is 14.3. The summed E-state index contributed by atoms with van der Waals surface area (Å²) in [5.74, 6) is -1.02. The van der Waals surface area contributed by atoms with Crippen molar-refractivity contribution < 1.29 is 18.0 Å². The van der Waals surface area contributed by atoms with Crippen molar-refractivity contribution in [1.82, 2.24) is 9.62 Å². The van der Waals surface area contributed by atoms with E-state index in [1.807, 2.05) is 37.3 Å². The predicted molar refractivity (Wildman–Crippen MR) is 150 cm³/mol. The normalized spacial score (nSPS) is 25.7. The van der Waals surface area contributed by atoms with Gasteiger partial charge in [-0.25, -0.2) is 13.1 Å². The number of carbonyl (C=O) groups is 2. The lowest BCUT2D eigenvalue weighted by Crippen LogP contribution is -2.58. The van der Waals surface area contributed by atoms with Crippen molar-refractivity contribution in [3.63, 3.8) is 0 Å². The van der Waals surface area contributed by atoms with E-state index >= 15 is 0 Å². The Morgan fingerprint density at radius 3 is 2.32 bits per heavy atom. The predicted octanol–water partition coefficient (Wildman–Crippen LogP) is 5.18. The fourth-order valence-corrected chi connectivity index (χ4v) is 7.32. The minimum absolute atomic E-state index is 0.0686. The Morgan fingerprint density at radius 2 is 1.76 bits per heavy atom. The third-order valence-electron chi connectivity index (χ3n) is 8.13. The second-order valence-electron chi connectivity index (χ2n) is 11.1. The zero-order valence-electron chi connectivity index (χ0n) is 21.9. The average molecular weight is 581 g/mol. The Hall–Kier alpha value is -2.13. The van der Waals surface area contributed by atoms with E-state index in [2.05, 4.69) is 4.72 Å². The molecule has 2 aromatic carbocycles. The number of nitrogens with zero attached hydrogens (tertiary/aromatic N) is 1. The van der Waals surface area contributed by atoms with E-state index in [1.165, 1.54) is 0 Å². The van der Waals surface area contributed by atoms with Crippen LogP contribution in [-0.4, -0.2) is 42.5 Å². The van der Waals surface area contributed by atoms with Crippen LogP contribution in [0.5, 0.6) is 0 Å². The third-order valence-corrected chi connectivity index (χ3v) is 10.9. The number of amides is 2. The van der Waals surface area contributed by atoms with Crippen LogP contribution < -0.4 is 10.5 Å².